The van der Waals surface area contributed by atoms with Gasteiger partial charge in [-0.25, -0.2) is 12.8 Å². The SMILES string of the molecule is Cc1cccc(S(=O)(=O)N2[C@@H]3Cn4c(ccc(-c5ccc(F)cc5)c4=O)[C@H]2[C@@H](C(=O)O)[C@@H]3CO)c1. The molecule has 4 atom stereocenters. The van der Waals surface area contributed by atoms with Crippen LogP contribution in [0.5, 0.6) is 0 Å². The first-order valence-corrected chi connectivity index (χ1v) is 12.5. The molecule has 3 aromatic rings. The van der Waals surface area contributed by atoms with Crippen molar-refractivity contribution < 1.29 is 27.8 Å². The lowest BCUT2D eigenvalue weighted by Gasteiger charge is -2.37. The fourth-order valence-corrected chi connectivity index (χ4v) is 7.36. The molecule has 8 nitrogen and oxygen atoms in total. The zero-order valence-corrected chi connectivity index (χ0v) is 19.5. The predicted octanol–water partition coefficient (Wildman–Crippen LogP) is 2.40. The fraction of sp³-hybridized carbons (Fsp3) is 0.280. The number of aliphatic hydroxyl groups is 1. The van der Waals surface area contributed by atoms with E-state index >= 15 is 0 Å². The van der Waals surface area contributed by atoms with E-state index in [4.69, 9.17) is 0 Å². The summed E-state index contributed by atoms with van der Waals surface area (Å²) < 4.78 is 43.5. The van der Waals surface area contributed by atoms with Crippen molar-refractivity contribution in [3.63, 3.8) is 0 Å². The second-order valence-electron chi connectivity index (χ2n) is 8.97. The highest BCUT2D eigenvalue weighted by Crippen LogP contribution is 2.51. The van der Waals surface area contributed by atoms with E-state index in [-0.39, 0.29) is 22.7 Å². The zero-order valence-electron chi connectivity index (χ0n) is 18.7. The number of hydrogen-bond donors (Lipinski definition) is 2. The van der Waals surface area contributed by atoms with Gasteiger partial charge in [-0.15, -0.1) is 0 Å². The quantitative estimate of drug-likeness (QED) is 0.558. The number of carboxylic acids is 1. The smallest absolute Gasteiger partial charge is 0.308 e. The van der Waals surface area contributed by atoms with Crippen molar-refractivity contribution in [1.82, 2.24) is 8.87 Å². The normalized spacial score (nSPS) is 23.7. The molecule has 10 heteroatoms. The summed E-state index contributed by atoms with van der Waals surface area (Å²) in [6, 6.07) is 12.7. The minimum atomic E-state index is -4.15. The van der Waals surface area contributed by atoms with Crippen LogP contribution in [0.15, 0.2) is 70.4 Å². The third kappa shape index (κ3) is 3.60. The standard InChI is InChI=1S/C25H23FN2O6S/c1-14-3-2-4-17(11-14)35(33,34)28-21-12-27-20(23(28)22(25(31)32)19(21)13-29)10-9-18(24(27)30)15-5-7-16(26)8-6-15/h2-11,19,21-23,29H,12-13H2,1H3,(H,31,32)/t19-,21-,22+,23+/m1/s1. The van der Waals surface area contributed by atoms with E-state index in [2.05, 4.69) is 0 Å². The molecule has 2 aromatic carbocycles. The number of carboxylic acid groups (broad SMARTS) is 1. The molecule has 0 spiro atoms. The second kappa shape index (κ2) is 8.40. The monoisotopic (exact) mass is 498 g/mol. The van der Waals surface area contributed by atoms with Crippen LogP contribution in [0.1, 0.15) is 17.3 Å². The number of aliphatic carboxylic acids is 1. The van der Waals surface area contributed by atoms with Crippen molar-refractivity contribution in [3.8, 4) is 11.1 Å². The maximum Gasteiger partial charge on any atom is 0.308 e. The van der Waals surface area contributed by atoms with Gasteiger partial charge in [0.15, 0.2) is 0 Å². The molecule has 2 aliphatic rings. The molecule has 0 amide bonds. The van der Waals surface area contributed by atoms with Gasteiger partial charge in [-0.05, 0) is 54.4 Å². The van der Waals surface area contributed by atoms with Crippen LogP contribution in [0.4, 0.5) is 4.39 Å². The third-order valence-electron chi connectivity index (χ3n) is 6.99. The van der Waals surface area contributed by atoms with Crippen LogP contribution in [0.25, 0.3) is 11.1 Å². The molecule has 0 radical (unpaired) electrons. The number of nitrogens with zero attached hydrogens (tertiary/aromatic N) is 2. The van der Waals surface area contributed by atoms with Gasteiger partial charge in [-0.2, -0.15) is 4.31 Å². The van der Waals surface area contributed by atoms with Gasteiger partial charge in [-0.1, -0.05) is 24.3 Å². The highest BCUT2D eigenvalue weighted by molar-refractivity contribution is 7.89. The number of aliphatic hydroxyl groups excluding tert-OH is 1. The summed E-state index contributed by atoms with van der Waals surface area (Å²) in [5.41, 5.74) is 1.32. The summed E-state index contributed by atoms with van der Waals surface area (Å²) in [6.45, 7) is 1.09. The number of aryl methyl sites for hydroxylation is 1. The molecule has 1 fully saturated rings. The average Bonchev–Trinajstić information content (AvgIpc) is 3.08. The Morgan fingerprint density at radius 1 is 1.11 bits per heavy atom. The summed E-state index contributed by atoms with van der Waals surface area (Å²) in [6.07, 6.45) is 0. The summed E-state index contributed by atoms with van der Waals surface area (Å²) in [5.74, 6) is -3.85. The first-order valence-electron chi connectivity index (χ1n) is 11.1. The largest absolute Gasteiger partial charge is 0.481 e. The van der Waals surface area contributed by atoms with E-state index in [1.54, 1.807) is 25.1 Å². The number of hydrogen-bond acceptors (Lipinski definition) is 5. The Balaban J connectivity index is 1.70. The maximum atomic E-state index is 13.8. The molecule has 1 saturated heterocycles. The molecule has 0 unspecified atom stereocenters. The van der Waals surface area contributed by atoms with Crippen LogP contribution in [0.2, 0.25) is 0 Å². The topological polar surface area (TPSA) is 117 Å². The molecular formula is C25H23FN2O6S. The molecular weight excluding hydrogens is 475 g/mol. The van der Waals surface area contributed by atoms with Gasteiger partial charge >= 0.3 is 5.97 Å². The highest BCUT2D eigenvalue weighted by atomic mass is 32.2. The summed E-state index contributed by atoms with van der Waals surface area (Å²) in [4.78, 5) is 25.8. The van der Waals surface area contributed by atoms with Gasteiger partial charge in [0.25, 0.3) is 5.56 Å². The molecule has 2 N–H and O–H groups in total. The third-order valence-corrected chi connectivity index (χ3v) is 8.90. The van der Waals surface area contributed by atoms with Crippen LogP contribution in [0.3, 0.4) is 0 Å². The van der Waals surface area contributed by atoms with E-state index in [0.717, 1.165) is 9.87 Å². The molecule has 5 rings (SSSR count). The minimum Gasteiger partial charge on any atom is -0.481 e. The minimum absolute atomic E-state index is 0.0222. The van der Waals surface area contributed by atoms with Crippen LogP contribution in [-0.4, -0.2) is 46.1 Å². The number of carbonyl (C=O) groups is 1. The first-order chi connectivity index (χ1) is 16.6. The molecule has 2 aliphatic heterocycles. The second-order valence-corrected chi connectivity index (χ2v) is 10.8. The van der Waals surface area contributed by atoms with Gasteiger partial charge in [0.1, 0.15) is 5.82 Å². The molecule has 1 aromatic heterocycles. The Morgan fingerprint density at radius 3 is 2.46 bits per heavy atom. The van der Waals surface area contributed by atoms with Gasteiger partial charge in [0.2, 0.25) is 10.0 Å². The molecule has 3 heterocycles. The first kappa shape index (κ1) is 23.4. The number of benzene rings is 2. The highest BCUT2D eigenvalue weighted by Gasteiger charge is 2.60. The van der Waals surface area contributed by atoms with Crippen LogP contribution < -0.4 is 5.56 Å². The lowest BCUT2D eigenvalue weighted by Crippen LogP contribution is -2.49. The van der Waals surface area contributed by atoms with Crippen LogP contribution >= 0.6 is 0 Å². The van der Waals surface area contributed by atoms with E-state index in [9.17, 15) is 32.6 Å². The molecule has 2 bridgehead atoms. The van der Waals surface area contributed by atoms with Gasteiger partial charge in [0, 0.05) is 36.4 Å². The molecule has 0 aliphatic carbocycles. The van der Waals surface area contributed by atoms with E-state index < -0.39 is 57.9 Å². The summed E-state index contributed by atoms with van der Waals surface area (Å²) in [7, 11) is -4.15. The van der Waals surface area contributed by atoms with Gasteiger partial charge < -0.3 is 14.8 Å². The number of fused-ring (bicyclic) bond motifs is 4. The van der Waals surface area contributed by atoms with Crippen molar-refractivity contribution in [3.05, 3.63) is 88.1 Å². The van der Waals surface area contributed by atoms with Crippen LogP contribution in [0, 0.1) is 24.6 Å². The Morgan fingerprint density at radius 2 is 1.83 bits per heavy atom. The number of aromatic nitrogens is 1. The van der Waals surface area contributed by atoms with E-state index in [0.29, 0.717) is 5.56 Å². The predicted molar refractivity (Wildman–Crippen MR) is 125 cm³/mol. The fourth-order valence-electron chi connectivity index (χ4n) is 5.41. The number of rotatable bonds is 5. The lowest BCUT2D eigenvalue weighted by molar-refractivity contribution is -0.144. The number of halogens is 1. The Hall–Kier alpha value is -3.34. The van der Waals surface area contributed by atoms with Crippen molar-refractivity contribution in [1.29, 1.82) is 0 Å². The summed E-state index contributed by atoms with van der Waals surface area (Å²) in [5, 5.41) is 20.2. The summed E-state index contributed by atoms with van der Waals surface area (Å²) >= 11 is 0. The van der Waals surface area contributed by atoms with E-state index in [1.165, 1.54) is 47.0 Å². The van der Waals surface area contributed by atoms with Crippen molar-refractivity contribution in [2.45, 2.75) is 30.4 Å². The number of sulfonamides is 1. The zero-order chi connectivity index (χ0) is 25.1. The van der Waals surface area contributed by atoms with Crippen molar-refractivity contribution in [2.24, 2.45) is 11.8 Å². The average molecular weight is 499 g/mol. The van der Waals surface area contributed by atoms with Crippen molar-refractivity contribution in [2.75, 3.05) is 6.61 Å². The molecule has 182 valence electrons. The van der Waals surface area contributed by atoms with Crippen LogP contribution in [-0.2, 0) is 21.4 Å². The maximum absolute atomic E-state index is 13.8. The van der Waals surface area contributed by atoms with Gasteiger partial charge in [0.05, 0.1) is 16.9 Å². The molecule has 0 saturated carbocycles. The Bertz CT molecular complexity index is 1480. The van der Waals surface area contributed by atoms with Crippen molar-refractivity contribution >= 4 is 16.0 Å². The molecule has 35 heavy (non-hydrogen) atoms. The lowest BCUT2D eigenvalue weighted by atomic mass is 9.87. The van der Waals surface area contributed by atoms with Gasteiger partial charge in [-0.3, -0.25) is 9.59 Å². The Kier molecular flexibility index (Phi) is 5.62. The number of pyridine rings is 1. The van der Waals surface area contributed by atoms with E-state index in [1.807, 2.05) is 0 Å². The Labute approximate surface area is 200 Å².